The summed E-state index contributed by atoms with van der Waals surface area (Å²) in [6, 6.07) is 12.1. The second-order valence-corrected chi connectivity index (χ2v) is 10.9. The average Bonchev–Trinajstić information content (AvgIpc) is 2.83. The minimum Gasteiger partial charge on any atom is -0.478 e. The van der Waals surface area contributed by atoms with Gasteiger partial charge in [-0.1, -0.05) is 78.8 Å². The van der Waals surface area contributed by atoms with Gasteiger partial charge in [0.1, 0.15) is 0 Å². The van der Waals surface area contributed by atoms with E-state index in [-0.39, 0.29) is 10.8 Å². The molecule has 0 amide bonds. The number of allylic oxidation sites excluding steroid dienone is 1. The summed E-state index contributed by atoms with van der Waals surface area (Å²) in [5.74, 6) is 0.342. The van der Waals surface area contributed by atoms with Crippen LogP contribution in [-0.4, -0.2) is 11.1 Å². The molecule has 3 rings (SSSR count). The normalized spacial score (nSPS) is 19.5. The molecule has 1 aliphatic rings. The van der Waals surface area contributed by atoms with Crippen molar-refractivity contribution in [1.82, 2.24) is 0 Å². The summed E-state index contributed by atoms with van der Waals surface area (Å²) in [5, 5.41) is 9.16. The average molecular weight is 419 g/mol. The summed E-state index contributed by atoms with van der Waals surface area (Å²) < 4.78 is 0. The Labute approximate surface area is 188 Å². The Balaban J connectivity index is 2.11. The molecule has 0 aromatic heterocycles. The van der Waals surface area contributed by atoms with Crippen LogP contribution >= 0.6 is 0 Å². The third-order valence-corrected chi connectivity index (χ3v) is 7.75. The number of carboxylic acid groups (broad SMARTS) is 1. The molecule has 2 aromatic carbocycles. The standard InChI is InChI=1S/C29H38O2/c1-18(2)9-12-23-16-25-26(29(7,8)20(4)28(25,5)6)17-24(23)19(3)15-21-10-13-22(14-11-21)27(30)31/h10-11,13-18,20H,9,12H2,1-8H3,(H,30,31)/b19-15+. The van der Waals surface area contributed by atoms with Crippen LogP contribution in [0.4, 0.5) is 0 Å². The number of fused-ring (bicyclic) bond motifs is 1. The van der Waals surface area contributed by atoms with E-state index in [2.05, 4.69) is 73.6 Å². The first-order valence-electron chi connectivity index (χ1n) is 11.6. The van der Waals surface area contributed by atoms with E-state index in [4.69, 9.17) is 5.11 Å². The van der Waals surface area contributed by atoms with Crippen molar-refractivity contribution >= 4 is 17.6 Å². The molecule has 0 bridgehead atoms. The molecule has 1 N–H and O–H groups in total. The van der Waals surface area contributed by atoms with Gasteiger partial charge < -0.3 is 5.11 Å². The fraction of sp³-hybridized carbons (Fsp3) is 0.483. The highest BCUT2D eigenvalue weighted by Gasteiger charge is 2.48. The first-order chi connectivity index (χ1) is 14.4. The number of benzene rings is 2. The molecule has 1 aliphatic carbocycles. The van der Waals surface area contributed by atoms with Crippen molar-refractivity contribution in [2.45, 2.75) is 79.1 Å². The number of hydrogen-bond donors (Lipinski definition) is 1. The Hall–Kier alpha value is -2.35. The van der Waals surface area contributed by atoms with Crippen LogP contribution in [0.5, 0.6) is 0 Å². The summed E-state index contributed by atoms with van der Waals surface area (Å²) in [7, 11) is 0. The van der Waals surface area contributed by atoms with Gasteiger partial charge in [-0.05, 0) is 88.0 Å². The minimum atomic E-state index is -0.888. The third-order valence-electron chi connectivity index (χ3n) is 7.75. The van der Waals surface area contributed by atoms with Crippen LogP contribution in [-0.2, 0) is 17.3 Å². The molecule has 2 heteroatoms. The number of hydrogen-bond acceptors (Lipinski definition) is 1. The molecule has 1 unspecified atom stereocenters. The zero-order valence-corrected chi connectivity index (χ0v) is 20.5. The van der Waals surface area contributed by atoms with Crippen molar-refractivity contribution in [3.05, 3.63) is 69.8 Å². The Morgan fingerprint density at radius 3 is 2.10 bits per heavy atom. The van der Waals surface area contributed by atoms with Crippen molar-refractivity contribution < 1.29 is 9.90 Å². The van der Waals surface area contributed by atoms with Crippen LogP contribution in [0.25, 0.3) is 11.6 Å². The molecular formula is C29H38O2. The van der Waals surface area contributed by atoms with Gasteiger partial charge in [-0.2, -0.15) is 0 Å². The van der Waals surface area contributed by atoms with E-state index in [1.54, 1.807) is 12.1 Å². The highest BCUT2D eigenvalue weighted by atomic mass is 16.4. The summed E-state index contributed by atoms with van der Waals surface area (Å²) in [5.41, 5.74) is 8.63. The maximum atomic E-state index is 11.2. The molecular weight excluding hydrogens is 380 g/mol. The number of aromatic carboxylic acids is 1. The van der Waals surface area contributed by atoms with Crippen LogP contribution in [0.15, 0.2) is 36.4 Å². The molecule has 0 heterocycles. The van der Waals surface area contributed by atoms with E-state index >= 15 is 0 Å². The van der Waals surface area contributed by atoms with Crippen molar-refractivity contribution in [3.8, 4) is 0 Å². The zero-order chi connectivity index (χ0) is 23.1. The van der Waals surface area contributed by atoms with Crippen LogP contribution < -0.4 is 0 Å². The SMILES string of the molecule is C/C(=C\c1ccc(C(=O)O)cc1)c1cc2c(cc1CCC(C)C)C(C)(C)C(C)C2(C)C. The van der Waals surface area contributed by atoms with Gasteiger partial charge in [0.2, 0.25) is 0 Å². The van der Waals surface area contributed by atoms with Crippen molar-refractivity contribution in [2.24, 2.45) is 11.8 Å². The minimum absolute atomic E-state index is 0.133. The molecule has 0 saturated carbocycles. The summed E-state index contributed by atoms with van der Waals surface area (Å²) in [4.78, 5) is 11.2. The lowest BCUT2D eigenvalue weighted by Crippen LogP contribution is -2.30. The first-order valence-corrected chi connectivity index (χ1v) is 11.6. The molecule has 0 aliphatic heterocycles. The fourth-order valence-corrected chi connectivity index (χ4v) is 5.15. The van der Waals surface area contributed by atoms with Gasteiger partial charge in [-0.3, -0.25) is 0 Å². The largest absolute Gasteiger partial charge is 0.478 e. The highest BCUT2D eigenvalue weighted by molar-refractivity contribution is 5.88. The second kappa shape index (κ2) is 8.30. The Bertz CT molecular complexity index is 1000. The van der Waals surface area contributed by atoms with E-state index in [9.17, 15) is 4.79 Å². The summed E-state index contributed by atoms with van der Waals surface area (Å²) >= 11 is 0. The number of aryl methyl sites for hydroxylation is 1. The van der Waals surface area contributed by atoms with Crippen molar-refractivity contribution in [1.29, 1.82) is 0 Å². The van der Waals surface area contributed by atoms with Gasteiger partial charge in [0.15, 0.2) is 0 Å². The van der Waals surface area contributed by atoms with Crippen molar-refractivity contribution in [3.63, 3.8) is 0 Å². The molecule has 1 atom stereocenters. The maximum absolute atomic E-state index is 11.2. The molecule has 2 aromatic rings. The van der Waals surface area contributed by atoms with E-state index in [0.29, 0.717) is 17.4 Å². The van der Waals surface area contributed by atoms with Gasteiger partial charge in [-0.15, -0.1) is 0 Å². The summed E-state index contributed by atoms with van der Waals surface area (Å²) in [6.07, 6.45) is 4.43. The van der Waals surface area contributed by atoms with E-state index in [0.717, 1.165) is 12.0 Å². The highest BCUT2D eigenvalue weighted by Crippen LogP contribution is 2.54. The molecule has 0 spiro atoms. The Morgan fingerprint density at radius 1 is 1.03 bits per heavy atom. The molecule has 166 valence electrons. The predicted octanol–water partition coefficient (Wildman–Crippen LogP) is 7.74. The number of carboxylic acids is 1. The Kier molecular flexibility index (Phi) is 6.24. The Morgan fingerprint density at radius 2 is 1.58 bits per heavy atom. The molecule has 0 fully saturated rings. The monoisotopic (exact) mass is 418 g/mol. The maximum Gasteiger partial charge on any atom is 0.335 e. The molecule has 2 nitrogen and oxygen atoms in total. The smallest absolute Gasteiger partial charge is 0.335 e. The lowest BCUT2D eigenvalue weighted by Gasteiger charge is -2.32. The van der Waals surface area contributed by atoms with Crippen LogP contribution in [0.3, 0.4) is 0 Å². The lowest BCUT2D eigenvalue weighted by atomic mass is 9.71. The van der Waals surface area contributed by atoms with Crippen LogP contribution in [0.1, 0.15) is 100.0 Å². The fourth-order valence-electron chi connectivity index (χ4n) is 5.15. The van der Waals surface area contributed by atoms with E-state index in [1.807, 2.05) is 12.1 Å². The quantitative estimate of drug-likeness (QED) is 0.487. The second-order valence-electron chi connectivity index (χ2n) is 10.9. The molecule has 31 heavy (non-hydrogen) atoms. The zero-order valence-electron chi connectivity index (χ0n) is 20.5. The van der Waals surface area contributed by atoms with E-state index in [1.165, 1.54) is 34.2 Å². The van der Waals surface area contributed by atoms with Crippen LogP contribution in [0, 0.1) is 11.8 Å². The third kappa shape index (κ3) is 4.35. The van der Waals surface area contributed by atoms with Gasteiger partial charge in [0.25, 0.3) is 0 Å². The predicted molar refractivity (Wildman–Crippen MR) is 132 cm³/mol. The molecule has 0 radical (unpaired) electrons. The number of rotatable bonds is 6. The topological polar surface area (TPSA) is 37.3 Å². The van der Waals surface area contributed by atoms with Gasteiger partial charge >= 0.3 is 5.97 Å². The number of carbonyl (C=O) groups is 1. The van der Waals surface area contributed by atoms with Gasteiger partial charge in [0, 0.05) is 0 Å². The van der Waals surface area contributed by atoms with Gasteiger partial charge in [0.05, 0.1) is 5.56 Å². The summed E-state index contributed by atoms with van der Waals surface area (Å²) in [6.45, 7) is 18.7. The first kappa shape index (κ1) is 23.3. The van der Waals surface area contributed by atoms with E-state index < -0.39 is 5.97 Å². The molecule has 0 saturated heterocycles. The van der Waals surface area contributed by atoms with Gasteiger partial charge in [-0.25, -0.2) is 4.79 Å². The van der Waals surface area contributed by atoms with Crippen LogP contribution in [0.2, 0.25) is 0 Å². The van der Waals surface area contributed by atoms with Crippen molar-refractivity contribution in [2.75, 3.05) is 0 Å². The lowest BCUT2D eigenvalue weighted by molar-refractivity contribution is 0.0697.